The van der Waals surface area contributed by atoms with Crippen LogP contribution in [0.1, 0.15) is 48.5 Å². The Kier molecular flexibility index (Phi) is 7.13. The minimum Gasteiger partial charge on any atom is -0.508 e. The number of hydrogen-bond acceptors (Lipinski definition) is 7. The molecule has 2 aliphatic carbocycles. The Morgan fingerprint density at radius 3 is 2.28 bits per heavy atom. The summed E-state index contributed by atoms with van der Waals surface area (Å²) in [5.74, 6) is -6.41. The van der Waals surface area contributed by atoms with Gasteiger partial charge in [0, 0.05) is 23.1 Å². The Hall–Kier alpha value is -4.83. The number of hydrogen-bond donors (Lipinski definition) is 1. The number of phenolic OH excluding ortho intramolecular Hbond substituents is 1. The number of rotatable bonds is 5. The van der Waals surface area contributed by atoms with Crippen molar-refractivity contribution >= 4 is 52.4 Å². The van der Waals surface area contributed by atoms with Crippen LogP contribution in [0, 0.1) is 34.9 Å². The highest BCUT2D eigenvalue weighted by molar-refractivity contribution is 6.32. The van der Waals surface area contributed by atoms with Crippen LogP contribution in [-0.2, 0) is 19.2 Å². The number of halogens is 2. The highest BCUT2D eigenvalue weighted by Crippen LogP contribution is 2.64. The molecule has 2 aliphatic heterocycles. The number of fused-ring (bicyclic) bond motifs is 4. The van der Waals surface area contributed by atoms with E-state index in [0.717, 1.165) is 15.9 Å². The molecule has 0 spiro atoms. The average molecular weight is 657 g/mol. The van der Waals surface area contributed by atoms with Crippen molar-refractivity contribution in [2.24, 2.45) is 29.1 Å². The maximum absolute atomic E-state index is 14.5. The summed E-state index contributed by atoms with van der Waals surface area (Å²) in [5, 5.41) is 11.1. The molecule has 4 amide bonds. The summed E-state index contributed by atoms with van der Waals surface area (Å²) in [4.78, 5) is 70.8. The average Bonchev–Trinajstić information content (AvgIpc) is 3.42. The van der Waals surface area contributed by atoms with Crippen molar-refractivity contribution in [3.63, 3.8) is 0 Å². The number of benzene rings is 3. The predicted octanol–water partition coefficient (Wildman–Crippen LogP) is 5.83. The van der Waals surface area contributed by atoms with Crippen LogP contribution in [0.25, 0.3) is 0 Å². The number of imide groups is 2. The van der Waals surface area contributed by atoms with Crippen LogP contribution in [-0.4, -0.2) is 41.6 Å². The number of ketones is 1. The molecule has 1 saturated carbocycles. The molecule has 1 N–H and O–H groups in total. The molecule has 2 heterocycles. The Balaban J connectivity index is 1.35. The maximum atomic E-state index is 14.5. The third kappa shape index (κ3) is 4.37. The van der Waals surface area contributed by atoms with Gasteiger partial charge in [0.1, 0.15) is 17.3 Å². The molecule has 9 nitrogen and oxygen atoms in total. The van der Waals surface area contributed by atoms with Crippen molar-refractivity contribution in [3.8, 4) is 11.5 Å². The number of ether oxygens (including phenoxy) is 1. The second kappa shape index (κ2) is 10.9. The van der Waals surface area contributed by atoms with Gasteiger partial charge in [-0.25, -0.2) is 9.29 Å². The number of amides is 4. The van der Waals surface area contributed by atoms with Crippen LogP contribution in [0.3, 0.4) is 0 Å². The quantitative estimate of drug-likeness (QED) is 0.208. The number of methoxy groups -OCH3 is 1. The molecule has 0 bridgehead atoms. The molecule has 11 heteroatoms. The fourth-order valence-corrected chi connectivity index (χ4v) is 8.40. The minimum atomic E-state index is -1.41. The van der Waals surface area contributed by atoms with E-state index in [1.807, 2.05) is 6.08 Å². The summed E-state index contributed by atoms with van der Waals surface area (Å²) in [6.07, 6.45) is 2.20. The van der Waals surface area contributed by atoms with Crippen molar-refractivity contribution < 1.29 is 38.2 Å². The van der Waals surface area contributed by atoms with Gasteiger partial charge in [-0.2, -0.15) is 0 Å². The molecule has 2 saturated heterocycles. The van der Waals surface area contributed by atoms with E-state index in [0.29, 0.717) is 28.1 Å². The fraction of sp³-hybridized carbons (Fsp3) is 0.306. The lowest BCUT2D eigenvalue weighted by atomic mass is 9.51. The van der Waals surface area contributed by atoms with Crippen LogP contribution in [0.5, 0.6) is 11.5 Å². The minimum absolute atomic E-state index is 0.100. The Labute approximate surface area is 274 Å². The largest absolute Gasteiger partial charge is 0.508 e. The van der Waals surface area contributed by atoms with Gasteiger partial charge in [-0.1, -0.05) is 29.3 Å². The molecule has 6 unspecified atom stereocenters. The van der Waals surface area contributed by atoms with E-state index in [9.17, 15) is 33.5 Å². The van der Waals surface area contributed by atoms with Gasteiger partial charge in [-0.3, -0.25) is 28.9 Å². The van der Waals surface area contributed by atoms with Gasteiger partial charge in [0.2, 0.25) is 23.6 Å². The zero-order valence-corrected chi connectivity index (χ0v) is 26.5. The van der Waals surface area contributed by atoms with Gasteiger partial charge in [0.15, 0.2) is 5.78 Å². The van der Waals surface area contributed by atoms with E-state index < -0.39 is 58.5 Å². The number of carbonyl (C=O) groups is 5. The topological polar surface area (TPSA) is 121 Å². The molecule has 7 rings (SSSR count). The predicted molar refractivity (Wildman–Crippen MR) is 170 cm³/mol. The van der Waals surface area contributed by atoms with Gasteiger partial charge < -0.3 is 9.84 Å². The first-order valence-electron chi connectivity index (χ1n) is 15.3. The molecule has 0 radical (unpaired) electrons. The van der Waals surface area contributed by atoms with Crippen LogP contribution in [0.15, 0.2) is 72.3 Å². The second-order valence-electron chi connectivity index (χ2n) is 12.8. The molecule has 0 aromatic heterocycles. The monoisotopic (exact) mass is 656 g/mol. The molecular formula is C36H30ClFN2O7. The van der Waals surface area contributed by atoms with E-state index in [2.05, 4.69) is 0 Å². The maximum Gasteiger partial charge on any atom is 0.241 e. The summed E-state index contributed by atoms with van der Waals surface area (Å²) in [6.45, 7) is 3.11. The fourth-order valence-electron chi connectivity index (χ4n) is 8.22. The van der Waals surface area contributed by atoms with E-state index in [4.69, 9.17) is 16.3 Å². The van der Waals surface area contributed by atoms with E-state index in [1.54, 1.807) is 43.3 Å². The lowest BCUT2D eigenvalue weighted by Gasteiger charge is -2.49. The standard InChI is InChI=1S/C36H30ClFN2O7/c1-17(41)18-4-6-19(7-5-18)39-32(43)24-12-11-22-25(30(24)34(39)45)16-26-33(44)40(20-8-13-28(38)27(37)14-20)35(46)36(26,2)31(22)23-10-9-21(47-3)15-29(23)42/h4-11,13-15,24-26,30-31,42H,12,16H2,1-3H3. The van der Waals surface area contributed by atoms with Crippen molar-refractivity contribution in [3.05, 3.63) is 94.3 Å². The number of carbonyl (C=O) groups excluding carboxylic acids is 5. The van der Waals surface area contributed by atoms with Crippen molar-refractivity contribution in [2.45, 2.75) is 32.6 Å². The number of nitrogens with zero attached hydrogens (tertiary/aromatic N) is 2. The zero-order chi connectivity index (χ0) is 33.5. The van der Waals surface area contributed by atoms with Crippen molar-refractivity contribution in [1.82, 2.24) is 0 Å². The highest BCUT2D eigenvalue weighted by atomic mass is 35.5. The molecule has 3 aromatic rings. The molecule has 4 aliphatic rings. The van der Waals surface area contributed by atoms with Crippen LogP contribution in [0.2, 0.25) is 5.02 Å². The third-order valence-corrected chi connectivity index (χ3v) is 10.8. The first kappa shape index (κ1) is 30.8. The molecule has 6 atom stereocenters. The Bertz CT molecular complexity index is 1940. The lowest BCUT2D eigenvalue weighted by Crippen LogP contribution is -2.48. The van der Waals surface area contributed by atoms with Gasteiger partial charge >= 0.3 is 0 Å². The summed E-state index contributed by atoms with van der Waals surface area (Å²) in [7, 11) is 1.46. The van der Waals surface area contributed by atoms with Crippen LogP contribution < -0.4 is 14.5 Å². The van der Waals surface area contributed by atoms with Crippen LogP contribution >= 0.6 is 11.6 Å². The Morgan fingerprint density at radius 2 is 1.64 bits per heavy atom. The van der Waals surface area contributed by atoms with Gasteiger partial charge in [0.05, 0.1) is 46.7 Å². The van der Waals surface area contributed by atoms with E-state index in [1.165, 1.54) is 32.2 Å². The summed E-state index contributed by atoms with van der Waals surface area (Å²) >= 11 is 6.06. The smallest absolute Gasteiger partial charge is 0.241 e. The highest BCUT2D eigenvalue weighted by Gasteiger charge is 2.68. The molecule has 3 fully saturated rings. The van der Waals surface area contributed by atoms with Crippen molar-refractivity contribution in [1.29, 1.82) is 0 Å². The van der Waals surface area contributed by atoms with Gasteiger partial charge in [-0.15, -0.1) is 0 Å². The molecule has 47 heavy (non-hydrogen) atoms. The molecular weight excluding hydrogens is 627 g/mol. The SMILES string of the molecule is COc1ccc(C2C3=CCC4C(=O)N(c5ccc(C(C)=O)cc5)C(=O)C4C3CC3C(=O)N(c4ccc(F)c(Cl)c4)C(=O)C32C)c(O)c1. The molecule has 3 aromatic carbocycles. The van der Waals surface area contributed by atoms with Crippen molar-refractivity contribution in [2.75, 3.05) is 16.9 Å². The van der Waals surface area contributed by atoms with Crippen LogP contribution in [0.4, 0.5) is 15.8 Å². The summed E-state index contributed by atoms with van der Waals surface area (Å²) in [6, 6.07) is 14.6. The normalized spacial score (nSPS) is 28.2. The first-order valence-corrected chi connectivity index (χ1v) is 15.6. The van der Waals surface area contributed by atoms with Gasteiger partial charge in [0.25, 0.3) is 0 Å². The Morgan fingerprint density at radius 1 is 0.936 bits per heavy atom. The molecule has 240 valence electrons. The number of allylic oxidation sites excluding steroid dienone is 2. The third-order valence-electron chi connectivity index (χ3n) is 10.5. The summed E-state index contributed by atoms with van der Waals surface area (Å²) < 4.78 is 19.4. The van der Waals surface area contributed by atoms with Gasteiger partial charge in [-0.05, 0) is 81.1 Å². The number of aromatic hydroxyl groups is 1. The number of Topliss-reactive ketones (excluding diaryl/α,β-unsaturated/α-hetero) is 1. The number of anilines is 2. The summed E-state index contributed by atoms with van der Waals surface area (Å²) in [5.41, 5.74) is 0.563. The number of phenols is 1. The zero-order valence-electron chi connectivity index (χ0n) is 25.7. The first-order chi connectivity index (χ1) is 22.4. The van der Waals surface area contributed by atoms with E-state index >= 15 is 0 Å². The second-order valence-corrected chi connectivity index (χ2v) is 13.2. The van der Waals surface area contributed by atoms with E-state index in [-0.39, 0.29) is 41.0 Å². The lowest BCUT2D eigenvalue weighted by molar-refractivity contribution is -0.131.